The maximum atomic E-state index is 14.1. The van der Waals surface area contributed by atoms with E-state index in [9.17, 15) is 38.7 Å². The summed E-state index contributed by atoms with van der Waals surface area (Å²) in [5.41, 5.74) is 3.00. The van der Waals surface area contributed by atoms with Crippen LogP contribution >= 0.6 is 0 Å². The van der Waals surface area contributed by atoms with Crippen LogP contribution in [0.25, 0.3) is 0 Å². The summed E-state index contributed by atoms with van der Waals surface area (Å²) in [6, 6.07) is 4.82. The highest BCUT2D eigenvalue weighted by atomic mass is 16.5. The lowest BCUT2D eigenvalue weighted by atomic mass is 9.78. The number of nitrogens with two attached hydrogens (primary N) is 1. The molecule has 4 atom stereocenters. The fraction of sp³-hybridized carbons (Fsp3) is 0.651. The van der Waals surface area contributed by atoms with Crippen molar-refractivity contribution in [1.29, 1.82) is 5.41 Å². The zero-order chi connectivity index (χ0) is 60.6. The Labute approximate surface area is 493 Å². The molecule has 3 aliphatic rings. The Bertz CT molecular complexity index is 2420. The molecule has 0 aromatic heterocycles. The number of benzene rings is 1. The van der Waals surface area contributed by atoms with Gasteiger partial charge in [-0.25, -0.2) is 5.01 Å². The molecule has 4 rings (SSSR count). The highest BCUT2D eigenvalue weighted by molar-refractivity contribution is 6.00. The van der Waals surface area contributed by atoms with Crippen LogP contribution in [0, 0.1) is 18.3 Å². The van der Waals surface area contributed by atoms with Gasteiger partial charge in [0.05, 0.1) is 38.8 Å². The molecule has 1 saturated heterocycles. The first kappa shape index (κ1) is 69.6. The van der Waals surface area contributed by atoms with Crippen LogP contribution in [0.3, 0.4) is 0 Å². The van der Waals surface area contributed by atoms with Gasteiger partial charge in [-0.3, -0.25) is 39.4 Å². The molecular formula is C63H99N9O11. The fourth-order valence-electron chi connectivity index (χ4n) is 10.7. The van der Waals surface area contributed by atoms with Crippen molar-refractivity contribution in [2.24, 2.45) is 11.8 Å². The van der Waals surface area contributed by atoms with Gasteiger partial charge in [0, 0.05) is 82.4 Å². The van der Waals surface area contributed by atoms with E-state index in [0.29, 0.717) is 115 Å². The molecule has 5 amide bonds. The van der Waals surface area contributed by atoms with Gasteiger partial charge in [0.1, 0.15) is 34.7 Å². The van der Waals surface area contributed by atoms with Crippen LogP contribution < -0.4 is 37.2 Å². The molecule has 2 aliphatic carbocycles. The molecular weight excluding hydrogens is 1060 g/mol. The van der Waals surface area contributed by atoms with Crippen LogP contribution in [-0.2, 0) is 49.6 Å². The van der Waals surface area contributed by atoms with Crippen molar-refractivity contribution in [3.05, 3.63) is 76.6 Å². The summed E-state index contributed by atoms with van der Waals surface area (Å²) in [7, 11) is 0. The number of rotatable bonds is 41. The summed E-state index contributed by atoms with van der Waals surface area (Å²) in [6.45, 7) is 15.4. The van der Waals surface area contributed by atoms with E-state index in [1.165, 1.54) is 11.9 Å². The molecule has 9 N–H and O–H groups in total. The van der Waals surface area contributed by atoms with Crippen molar-refractivity contribution in [2.45, 2.75) is 194 Å². The van der Waals surface area contributed by atoms with Crippen LogP contribution in [0.5, 0.6) is 5.75 Å². The third-order valence-corrected chi connectivity index (χ3v) is 15.5. The van der Waals surface area contributed by atoms with Crippen molar-refractivity contribution >= 4 is 46.8 Å². The van der Waals surface area contributed by atoms with E-state index in [0.717, 1.165) is 73.8 Å². The summed E-state index contributed by atoms with van der Waals surface area (Å²) in [6.07, 6.45) is 20.0. The zero-order valence-electron chi connectivity index (χ0n) is 50.6. The van der Waals surface area contributed by atoms with E-state index in [1.54, 1.807) is 6.08 Å². The molecule has 0 radical (unpaired) electrons. The van der Waals surface area contributed by atoms with E-state index in [1.807, 2.05) is 75.1 Å². The monoisotopic (exact) mass is 1160 g/mol. The molecule has 20 nitrogen and oxygen atoms in total. The van der Waals surface area contributed by atoms with E-state index in [2.05, 4.69) is 33.5 Å². The number of carbonyl (C=O) groups is 7. The molecule has 1 aromatic rings. The molecule has 1 aliphatic heterocycles. The number of hydrogen-bond donors (Lipinski definition) is 8. The average molecular weight is 1160 g/mol. The van der Waals surface area contributed by atoms with Gasteiger partial charge in [-0.1, -0.05) is 81.9 Å². The van der Waals surface area contributed by atoms with E-state index < -0.39 is 17.7 Å². The van der Waals surface area contributed by atoms with Crippen LogP contribution in [0.15, 0.2) is 65.5 Å². The molecule has 0 spiro atoms. The summed E-state index contributed by atoms with van der Waals surface area (Å²) in [4.78, 5) is 90.7. The summed E-state index contributed by atoms with van der Waals surface area (Å²) in [5, 5.41) is 36.1. The number of allylic oxidation sites excluding steroid dienone is 6. The second kappa shape index (κ2) is 38.1. The molecule has 20 heteroatoms. The normalized spacial score (nSPS) is 18.5. The molecule has 2 fully saturated rings. The van der Waals surface area contributed by atoms with Gasteiger partial charge in [0.25, 0.3) is 0 Å². The lowest BCUT2D eigenvalue weighted by Gasteiger charge is -2.50. The third kappa shape index (κ3) is 25.1. The van der Waals surface area contributed by atoms with Gasteiger partial charge in [0.15, 0.2) is 0 Å². The van der Waals surface area contributed by atoms with Gasteiger partial charge >= 0.3 is 0 Å². The standard InChI is InChI=1S/C63H99N9O11/c1-7-10-34-72-61(79)58(59(77)49-16-12-11-13-17-49)70-62(80)63(72,30-8-2)31-32-66-42-51-25-29-55(40-45(51)4)83-54-27-23-50(24-28-54)60(78)67-33-38-81-36-15-37-82-39-35-71(65)44-52(64)43-68-56(75)18-14-19-57(76)69-46(5)20-21-48(9-3)22-26-53(74)41-47(6)73/h9,20-21,23,25,27,29,40,46,49,58-59,64,66,77H,7-8,10-19,22,24,26,28,30-39,41-44,65H2,1-6H3,(H,67,78)(H,68,75)(H,69,76)(H,70,80). The Balaban J connectivity index is 1.03. The first-order valence-corrected chi connectivity index (χ1v) is 30.5. The number of carbonyl (C=O) groups excluding carboxylic acids is 7. The number of aliphatic hydroxyl groups excluding tert-OH is 1. The maximum Gasteiger partial charge on any atom is 0.248 e. The Hall–Kier alpha value is -5.90. The number of unbranched alkanes of at least 4 members (excludes halogenated alkanes) is 1. The first-order valence-electron chi connectivity index (χ1n) is 30.5. The number of nitrogens with zero attached hydrogens (tertiary/aromatic N) is 2. The minimum absolute atomic E-state index is 0.0240. The number of piperazine rings is 1. The van der Waals surface area contributed by atoms with Crippen LogP contribution in [0.2, 0.25) is 0 Å². The Morgan fingerprint density at radius 3 is 2.35 bits per heavy atom. The third-order valence-electron chi connectivity index (χ3n) is 15.5. The second-order valence-corrected chi connectivity index (χ2v) is 22.4. The molecule has 4 unspecified atom stereocenters. The van der Waals surface area contributed by atoms with Gasteiger partial charge in [0.2, 0.25) is 29.5 Å². The zero-order valence-corrected chi connectivity index (χ0v) is 50.6. The summed E-state index contributed by atoms with van der Waals surface area (Å²) >= 11 is 0. The number of Topliss-reactive ketones (excluding diaryl/α,β-unsaturated/α-hetero) is 2. The predicted molar refractivity (Wildman–Crippen MR) is 322 cm³/mol. The minimum atomic E-state index is -0.973. The van der Waals surface area contributed by atoms with E-state index >= 15 is 0 Å². The first-order chi connectivity index (χ1) is 39.9. The highest BCUT2D eigenvalue weighted by Gasteiger charge is 2.53. The highest BCUT2D eigenvalue weighted by Crippen LogP contribution is 2.35. The molecule has 1 saturated carbocycles. The number of amides is 5. The molecule has 83 heavy (non-hydrogen) atoms. The largest absolute Gasteiger partial charge is 0.462 e. The molecule has 1 aromatic carbocycles. The number of ketones is 2. The topological polar surface area (TPSA) is 284 Å². The summed E-state index contributed by atoms with van der Waals surface area (Å²) < 4.78 is 17.6. The number of nitrogens with one attached hydrogen (secondary N) is 6. The van der Waals surface area contributed by atoms with E-state index in [-0.39, 0.29) is 97.5 Å². The smallest absolute Gasteiger partial charge is 0.248 e. The second-order valence-electron chi connectivity index (χ2n) is 22.4. The van der Waals surface area contributed by atoms with Gasteiger partial charge in [-0.2, -0.15) is 0 Å². The van der Waals surface area contributed by atoms with Crippen LogP contribution in [0.1, 0.15) is 168 Å². The van der Waals surface area contributed by atoms with Crippen molar-refractivity contribution in [1.82, 2.24) is 36.5 Å². The van der Waals surface area contributed by atoms with Crippen molar-refractivity contribution in [3.63, 3.8) is 0 Å². The van der Waals surface area contributed by atoms with E-state index in [4.69, 9.17) is 25.5 Å². The van der Waals surface area contributed by atoms with Gasteiger partial charge < -0.3 is 56.2 Å². The van der Waals surface area contributed by atoms with Crippen molar-refractivity contribution < 1.29 is 52.9 Å². The lowest BCUT2D eigenvalue weighted by molar-refractivity contribution is -0.163. The Morgan fingerprint density at radius 2 is 1.66 bits per heavy atom. The van der Waals surface area contributed by atoms with Crippen molar-refractivity contribution in [3.8, 4) is 5.75 Å². The number of aliphatic hydroxyl groups is 1. The SMILES string of the molecule is CC=C(C=CC(C)NC(=O)CCCC(=O)NCC(=N)CN(N)CCOCCCOCCNC(=O)C1=CC=C(Oc2ccc(CNCCC3(CCC)C(=O)NC(C(O)C4CCCCC4)C(=O)N3CCCC)c(C)c2)CC1)CCC(=O)CC(C)=O. The molecule has 462 valence electrons. The number of hydrazine groups is 1. The van der Waals surface area contributed by atoms with Gasteiger partial charge in [-0.05, 0) is 127 Å². The van der Waals surface area contributed by atoms with Gasteiger partial charge in [-0.15, -0.1) is 0 Å². The summed E-state index contributed by atoms with van der Waals surface area (Å²) in [5.74, 6) is 6.40. The predicted octanol–water partition coefficient (Wildman–Crippen LogP) is 6.42. The Kier molecular flexibility index (Phi) is 32.0. The molecule has 0 bridgehead atoms. The number of ether oxygens (including phenoxy) is 3. The number of hydrogen-bond acceptors (Lipinski definition) is 15. The lowest BCUT2D eigenvalue weighted by Crippen LogP contribution is -2.73. The number of aryl methyl sites for hydroxylation is 1. The minimum Gasteiger partial charge on any atom is -0.462 e. The van der Waals surface area contributed by atoms with Crippen LogP contribution in [0.4, 0.5) is 0 Å². The van der Waals surface area contributed by atoms with Crippen LogP contribution in [-0.4, -0.2) is 151 Å². The molecule has 1 heterocycles. The Morgan fingerprint density at radius 1 is 0.916 bits per heavy atom. The average Bonchev–Trinajstić information content (AvgIpc) is 2.17. The maximum absolute atomic E-state index is 14.1. The quantitative estimate of drug-likeness (QED) is 0.00877. The fourth-order valence-corrected chi connectivity index (χ4v) is 10.7. The van der Waals surface area contributed by atoms with Crippen molar-refractivity contribution in [2.75, 3.05) is 65.7 Å².